The van der Waals surface area contributed by atoms with Gasteiger partial charge in [0.2, 0.25) is 16.8 Å². The molecule has 0 aromatic heterocycles. The summed E-state index contributed by atoms with van der Waals surface area (Å²) in [4.78, 5) is 0.0252. The van der Waals surface area contributed by atoms with E-state index in [0.29, 0.717) is 17.9 Å². The molecule has 1 heterocycles. The van der Waals surface area contributed by atoms with Crippen molar-refractivity contribution in [3.8, 4) is 17.6 Å². The number of nitrogens with one attached hydrogen (secondary N) is 1. The molecule has 1 aliphatic rings. The maximum absolute atomic E-state index is 12.3. The molecule has 2 aromatic carbocycles. The third-order valence-corrected chi connectivity index (χ3v) is 5.29. The summed E-state index contributed by atoms with van der Waals surface area (Å²) in [6.07, 6.45) is 0.500. The molecule has 6 nitrogen and oxygen atoms in total. The molecule has 1 N–H and O–H groups in total. The maximum atomic E-state index is 12.3. The van der Waals surface area contributed by atoms with Crippen LogP contribution in [0.5, 0.6) is 11.5 Å². The van der Waals surface area contributed by atoms with Gasteiger partial charge < -0.3 is 9.47 Å². The van der Waals surface area contributed by atoms with Gasteiger partial charge in [0.25, 0.3) is 0 Å². The first kappa shape index (κ1) is 16.6. The van der Waals surface area contributed by atoms with Crippen LogP contribution in [0, 0.1) is 11.3 Å². The standard InChI is InChI=1S/C16H13ClN2O4S/c17-14-8-13(3-2-12(14)9-18)24(20,21)19-6-5-11-1-4-15-16(7-11)23-10-22-15/h1-4,7-8,19H,5-6,10H2. The van der Waals surface area contributed by atoms with Crippen LogP contribution in [0.1, 0.15) is 11.1 Å². The smallest absolute Gasteiger partial charge is 0.240 e. The summed E-state index contributed by atoms with van der Waals surface area (Å²) in [7, 11) is -3.69. The summed E-state index contributed by atoms with van der Waals surface area (Å²) in [5.74, 6) is 1.35. The van der Waals surface area contributed by atoms with Crippen LogP contribution in [0.25, 0.3) is 0 Å². The Balaban J connectivity index is 1.65. The number of benzene rings is 2. The Morgan fingerprint density at radius 2 is 1.96 bits per heavy atom. The molecule has 24 heavy (non-hydrogen) atoms. The molecule has 0 fully saturated rings. The van der Waals surface area contributed by atoms with Gasteiger partial charge >= 0.3 is 0 Å². The van der Waals surface area contributed by atoms with Crippen LogP contribution in [-0.4, -0.2) is 21.8 Å². The largest absolute Gasteiger partial charge is 0.454 e. The number of sulfonamides is 1. The van der Waals surface area contributed by atoms with E-state index in [2.05, 4.69) is 4.72 Å². The Bertz CT molecular complexity index is 922. The monoisotopic (exact) mass is 364 g/mol. The summed E-state index contributed by atoms with van der Waals surface area (Å²) in [6, 6.07) is 11.4. The lowest BCUT2D eigenvalue weighted by Crippen LogP contribution is -2.26. The van der Waals surface area contributed by atoms with E-state index in [1.165, 1.54) is 18.2 Å². The number of nitriles is 1. The lowest BCUT2D eigenvalue weighted by molar-refractivity contribution is 0.174. The van der Waals surface area contributed by atoms with Gasteiger partial charge in [0.05, 0.1) is 15.5 Å². The second-order valence-electron chi connectivity index (χ2n) is 5.09. The van der Waals surface area contributed by atoms with E-state index in [4.69, 9.17) is 26.3 Å². The van der Waals surface area contributed by atoms with E-state index in [9.17, 15) is 8.42 Å². The predicted molar refractivity (Wildman–Crippen MR) is 87.6 cm³/mol. The molecule has 0 amide bonds. The zero-order valence-electron chi connectivity index (χ0n) is 12.5. The van der Waals surface area contributed by atoms with Gasteiger partial charge in [-0.3, -0.25) is 0 Å². The summed E-state index contributed by atoms with van der Waals surface area (Å²) >= 11 is 5.88. The first-order chi connectivity index (χ1) is 11.5. The van der Waals surface area contributed by atoms with Crippen molar-refractivity contribution < 1.29 is 17.9 Å². The highest BCUT2D eigenvalue weighted by Crippen LogP contribution is 2.32. The second kappa shape index (κ2) is 6.69. The predicted octanol–water partition coefficient (Wildman–Crippen LogP) is 2.46. The molecule has 124 valence electrons. The first-order valence-electron chi connectivity index (χ1n) is 7.07. The zero-order chi connectivity index (χ0) is 17.2. The number of fused-ring (bicyclic) bond motifs is 1. The SMILES string of the molecule is N#Cc1ccc(S(=O)(=O)NCCc2ccc3c(c2)OCO3)cc1Cl. The van der Waals surface area contributed by atoms with Crippen LogP contribution in [-0.2, 0) is 16.4 Å². The van der Waals surface area contributed by atoms with Crippen molar-refractivity contribution in [3.63, 3.8) is 0 Å². The maximum Gasteiger partial charge on any atom is 0.240 e. The van der Waals surface area contributed by atoms with E-state index in [1.54, 1.807) is 6.07 Å². The number of hydrogen-bond acceptors (Lipinski definition) is 5. The van der Waals surface area contributed by atoms with Crippen LogP contribution in [0.15, 0.2) is 41.3 Å². The highest BCUT2D eigenvalue weighted by Gasteiger charge is 2.16. The van der Waals surface area contributed by atoms with E-state index in [0.717, 1.165) is 5.56 Å². The van der Waals surface area contributed by atoms with Gasteiger partial charge in [0, 0.05) is 6.54 Å². The highest BCUT2D eigenvalue weighted by molar-refractivity contribution is 7.89. The van der Waals surface area contributed by atoms with E-state index in [-0.39, 0.29) is 28.8 Å². The number of rotatable bonds is 5. The van der Waals surface area contributed by atoms with E-state index in [1.807, 2.05) is 18.2 Å². The molecule has 0 spiro atoms. The van der Waals surface area contributed by atoms with Crippen molar-refractivity contribution in [2.75, 3.05) is 13.3 Å². The fraction of sp³-hybridized carbons (Fsp3) is 0.188. The zero-order valence-corrected chi connectivity index (χ0v) is 14.0. The summed E-state index contributed by atoms with van der Waals surface area (Å²) in [5, 5.41) is 8.94. The quantitative estimate of drug-likeness (QED) is 0.880. The minimum atomic E-state index is -3.69. The fourth-order valence-corrected chi connectivity index (χ4v) is 3.61. The van der Waals surface area contributed by atoms with Gasteiger partial charge in [-0.05, 0) is 42.3 Å². The third-order valence-electron chi connectivity index (χ3n) is 3.51. The Kier molecular flexibility index (Phi) is 4.62. The average Bonchev–Trinajstić information content (AvgIpc) is 3.02. The van der Waals surface area contributed by atoms with Crippen molar-refractivity contribution in [1.29, 1.82) is 5.26 Å². The van der Waals surface area contributed by atoms with Gasteiger partial charge in [-0.25, -0.2) is 13.1 Å². The molecule has 2 aromatic rings. The summed E-state index contributed by atoms with van der Waals surface area (Å²) in [5.41, 5.74) is 1.16. The van der Waals surface area contributed by atoms with Crippen LogP contribution >= 0.6 is 11.6 Å². The second-order valence-corrected chi connectivity index (χ2v) is 7.26. The summed E-state index contributed by atoms with van der Waals surface area (Å²) < 4.78 is 37.6. The third kappa shape index (κ3) is 3.46. The minimum Gasteiger partial charge on any atom is -0.454 e. The number of ether oxygens (including phenoxy) is 2. The minimum absolute atomic E-state index is 0.0252. The van der Waals surface area contributed by atoms with Crippen molar-refractivity contribution in [2.45, 2.75) is 11.3 Å². The molecule has 0 saturated heterocycles. The molecule has 0 atom stereocenters. The molecule has 0 radical (unpaired) electrons. The lowest BCUT2D eigenvalue weighted by Gasteiger charge is -2.08. The van der Waals surface area contributed by atoms with E-state index >= 15 is 0 Å². The van der Waals surface area contributed by atoms with Crippen molar-refractivity contribution in [2.24, 2.45) is 0 Å². The Morgan fingerprint density at radius 3 is 2.71 bits per heavy atom. The normalized spacial score (nSPS) is 12.8. The fourth-order valence-electron chi connectivity index (χ4n) is 2.26. The summed E-state index contributed by atoms with van der Waals surface area (Å²) in [6.45, 7) is 0.421. The van der Waals surface area contributed by atoms with Gasteiger partial charge in [-0.15, -0.1) is 0 Å². The van der Waals surface area contributed by atoms with Crippen molar-refractivity contribution in [3.05, 3.63) is 52.5 Å². The van der Waals surface area contributed by atoms with Crippen LogP contribution in [0.2, 0.25) is 5.02 Å². The first-order valence-corrected chi connectivity index (χ1v) is 8.93. The van der Waals surface area contributed by atoms with E-state index < -0.39 is 10.0 Å². The van der Waals surface area contributed by atoms with Crippen molar-refractivity contribution in [1.82, 2.24) is 4.72 Å². The van der Waals surface area contributed by atoms with Crippen LogP contribution in [0.3, 0.4) is 0 Å². The van der Waals surface area contributed by atoms with Crippen LogP contribution < -0.4 is 14.2 Å². The molecule has 8 heteroatoms. The molecule has 0 bridgehead atoms. The van der Waals surface area contributed by atoms with Gasteiger partial charge in [-0.1, -0.05) is 17.7 Å². The Labute approximate surface area is 144 Å². The topological polar surface area (TPSA) is 88.4 Å². The molecule has 1 aliphatic heterocycles. The van der Waals surface area contributed by atoms with Gasteiger partial charge in [0.1, 0.15) is 6.07 Å². The average molecular weight is 365 g/mol. The lowest BCUT2D eigenvalue weighted by atomic mass is 10.1. The molecular formula is C16H13ClN2O4S. The van der Waals surface area contributed by atoms with Crippen molar-refractivity contribution >= 4 is 21.6 Å². The number of nitrogens with zero attached hydrogens (tertiary/aromatic N) is 1. The molecule has 0 unspecified atom stereocenters. The van der Waals surface area contributed by atoms with Crippen LogP contribution in [0.4, 0.5) is 0 Å². The molecule has 0 saturated carbocycles. The van der Waals surface area contributed by atoms with Gasteiger partial charge in [-0.2, -0.15) is 5.26 Å². The number of hydrogen-bond donors (Lipinski definition) is 1. The molecule has 0 aliphatic carbocycles. The number of halogens is 1. The highest BCUT2D eigenvalue weighted by atomic mass is 35.5. The molecular weight excluding hydrogens is 352 g/mol. The Morgan fingerprint density at radius 1 is 1.17 bits per heavy atom. The molecule has 3 rings (SSSR count). The van der Waals surface area contributed by atoms with Gasteiger partial charge in [0.15, 0.2) is 11.5 Å². The Hall–Kier alpha value is -2.27.